The minimum Gasteiger partial charge on any atom is -0.480 e. The van der Waals surface area contributed by atoms with Crippen LogP contribution in [0.25, 0.3) is 0 Å². The van der Waals surface area contributed by atoms with E-state index in [4.69, 9.17) is 5.11 Å². The monoisotopic (exact) mass is 277 g/mol. The van der Waals surface area contributed by atoms with Crippen molar-refractivity contribution in [1.82, 2.24) is 5.32 Å². The van der Waals surface area contributed by atoms with Crippen molar-refractivity contribution < 1.29 is 14.7 Å². The van der Waals surface area contributed by atoms with Gasteiger partial charge in [-0.25, -0.2) is 4.79 Å². The fourth-order valence-corrected chi connectivity index (χ4v) is 1.99. The van der Waals surface area contributed by atoms with Crippen molar-refractivity contribution in [2.75, 3.05) is 0 Å². The molecule has 0 radical (unpaired) electrons. The lowest BCUT2D eigenvalue weighted by molar-refractivity contribution is -0.143. The third-order valence-electron chi connectivity index (χ3n) is 3.59. The number of benzene rings is 1. The van der Waals surface area contributed by atoms with Crippen molar-refractivity contribution in [2.45, 2.75) is 46.1 Å². The first-order valence-corrected chi connectivity index (χ1v) is 7.07. The van der Waals surface area contributed by atoms with Crippen LogP contribution in [-0.2, 0) is 22.4 Å². The number of aliphatic carboxylic acids is 1. The number of nitrogens with one attached hydrogen (secondary N) is 1. The Kier molecular flexibility index (Phi) is 6.22. The van der Waals surface area contributed by atoms with Gasteiger partial charge in [0, 0.05) is 0 Å². The molecule has 1 rings (SSSR count). The van der Waals surface area contributed by atoms with E-state index in [0.29, 0.717) is 6.42 Å². The van der Waals surface area contributed by atoms with Gasteiger partial charge < -0.3 is 10.4 Å². The number of carbonyl (C=O) groups is 2. The smallest absolute Gasteiger partial charge is 0.326 e. The minimum atomic E-state index is -0.978. The second-order valence-electron chi connectivity index (χ2n) is 5.12. The standard InChI is InChI=1S/C16H23NO3/c1-4-11(3)15(16(19)20)17-14(18)10-13-8-6-12(5-2)7-9-13/h6-9,11,15H,4-5,10H2,1-3H3,(H,17,18)(H,19,20)/t11-,15-/m0/s1. The topological polar surface area (TPSA) is 66.4 Å². The number of hydrogen-bond acceptors (Lipinski definition) is 2. The second kappa shape index (κ2) is 7.68. The first-order valence-electron chi connectivity index (χ1n) is 7.07. The number of carbonyl (C=O) groups excluding carboxylic acids is 1. The van der Waals surface area contributed by atoms with Gasteiger partial charge >= 0.3 is 5.97 Å². The van der Waals surface area contributed by atoms with E-state index in [1.807, 2.05) is 38.1 Å². The SMILES string of the molecule is CCc1ccc(CC(=O)N[C@H](C(=O)O)[C@@H](C)CC)cc1. The quantitative estimate of drug-likeness (QED) is 0.804. The summed E-state index contributed by atoms with van der Waals surface area (Å²) >= 11 is 0. The molecule has 0 aliphatic carbocycles. The lowest BCUT2D eigenvalue weighted by Crippen LogP contribution is -2.45. The molecule has 0 saturated heterocycles. The maximum Gasteiger partial charge on any atom is 0.326 e. The normalized spacial score (nSPS) is 13.6. The van der Waals surface area contributed by atoms with Gasteiger partial charge in [0.1, 0.15) is 6.04 Å². The third-order valence-corrected chi connectivity index (χ3v) is 3.59. The molecule has 0 aliphatic rings. The molecule has 0 bridgehead atoms. The van der Waals surface area contributed by atoms with Crippen LogP contribution in [0.2, 0.25) is 0 Å². The maximum absolute atomic E-state index is 11.9. The highest BCUT2D eigenvalue weighted by Gasteiger charge is 2.25. The molecule has 2 N–H and O–H groups in total. The summed E-state index contributed by atoms with van der Waals surface area (Å²) < 4.78 is 0. The molecule has 0 fully saturated rings. The van der Waals surface area contributed by atoms with Gasteiger partial charge in [-0.05, 0) is 23.5 Å². The molecular weight excluding hydrogens is 254 g/mol. The third kappa shape index (κ3) is 4.68. The molecule has 0 spiro atoms. The first kappa shape index (κ1) is 16.2. The molecule has 0 aliphatic heterocycles. The van der Waals surface area contributed by atoms with Crippen LogP contribution in [0.5, 0.6) is 0 Å². The van der Waals surface area contributed by atoms with Crippen molar-refractivity contribution >= 4 is 11.9 Å². The van der Waals surface area contributed by atoms with E-state index in [2.05, 4.69) is 12.2 Å². The predicted molar refractivity (Wildman–Crippen MR) is 78.5 cm³/mol. The zero-order valence-corrected chi connectivity index (χ0v) is 12.3. The molecule has 4 nitrogen and oxygen atoms in total. The molecule has 4 heteroatoms. The maximum atomic E-state index is 11.9. The molecule has 110 valence electrons. The average molecular weight is 277 g/mol. The van der Waals surface area contributed by atoms with Gasteiger partial charge in [0.05, 0.1) is 6.42 Å². The number of amides is 1. The Labute approximate surface area is 120 Å². The number of carboxylic acids is 1. The van der Waals surface area contributed by atoms with E-state index in [1.54, 1.807) is 0 Å². The van der Waals surface area contributed by atoms with Gasteiger partial charge in [-0.1, -0.05) is 51.5 Å². The van der Waals surface area contributed by atoms with Crippen LogP contribution in [0.3, 0.4) is 0 Å². The lowest BCUT2D eigenvalue weighted by Gasteiger charge is -2.20. The second-order valence-corrected chi connectivity index (χ2v) is 5.12. The van der Waals surface area contributed by atoms with Gasteiger partial charge in [-0.15, -0.1) is 0 Å². The zero-order valence-electron chi connectivity index (χ0n) is 12.3. The molecule has 20 heavy (non-hydrogen) atoms. The van der Waals surface area contributed by atoms with Crippen LogP contribution in [0, 0.1) is 5.92 Å². The molecule has 0 heterocycles. The Bertz CT molecular complexity index is 453. The van der Waals surface area contributed by atoms with Crippen LogP contribution >= 0.6 is 0 Å². The summed E-state index contributed by atoms with van der Waals surface area (Å²) in [6.07, 6.45) is 1.88. The van der Waals surface area contributed by atoms with E-state index in [-0.39, 0.29) is 18.2 Å². The molecule has 0 saturated carbocycles. The van der Waals surface area contributed by atoms with Gasteiger partial charge in [0.2, 0.25) is 5.91 Å². The van der Waals surface area contributed by atoms with E-state index >= 15 is 0 Å². The molecule has 0 aromatic heterocycles. The number of carboxylic acid groups (broad SMARTS) is 1. The summed E-state index contributed by atoms with van der Waals surface area (Å²) in [6, 6.07) is 7.00. The summed E-state index contributed by atoms with van der Waals surface area (Å²) in [5, 5.41) is 11.7. The molecule has 1 aromatic rings. The highest BCUT2D eigenvalue weighted by atomic mass is 16.4. The zero-order chi connectivity index (χ0) is 15.1. The average Bonchev–Trinajstić information content (AvgIpc) is 2.44. The molecule has 1 amide bonds. The van der Waals surface area contributed by atoms with Gasteiger partial charge in [-0.2, -0.15) is 0 Å². The van der Waals surface area contributed by atoms with Crippen LogP contribution in [-0.4, -0.2) is 23.0 Å². The lowest BCUT2D eigenvalue weighted by atomic mass is 9.99. The van der Waals surface area contributed by atoms with Gasteiger partial charge in [0.15, 0.2) is 0 Å². The van der Waals surface area contributed by atoms with Crippen molar-refractivity contribution in [3.63, 3.8) is 0 Å². The van der Waals surface area contributed by atoms with E-state index in [0.717, 1.165) is 12.0 Å². The number of aryl methyl sites for hydroxylation is 1. The first-order chi connectivity index (χ1) is 9.47. The Morgan fingerprint density at radius 3 is 2.15 bits per heavy atom. The Morgan fingerprint density at radius 2 is 1.70 bits per heavy atom. The largest absolute Gasteiger partial charge is 0.480 e. The highest BCUT2D eigenvalue weighted by Crippen LogP contribution is 2.09. The van der Waals surface area contributed by atoms with Crippen molar-refractivity contribution in [3.8, 4) is 0 Å². The fraction of sp³-hybridized carbons (Fsp3) is 0.500. The summed E-state index contributed by atoms with van der Waals surface area (Å²) in [5.74, 6) is -1.31. The van der Waals surface area contributed by atoms with Gasteiger partial charge in [-0.3, -0.25) is 4.79 Å². The number of hydrogen-bond donors (Lipinski definition) is 2. The Hall–Kier alpha value is -1.84. The van der Waals surface area contributed by atoms with E-state index in [1.165, 1.54) is 5.56 Å². The fourth-order valence-electron chi connectivity index (χ4n) is 1.99. The van der Waals surface area contributed by atoms with E-state index in [9.17, 15) is 9.59 Å². The summed E-state index contributed by atoms with van der Waals surface area (Å²) in [7, 11) is 0. The van der Waals surface area contributed by atoms with Crippen LogP contribution in [0.15, 0.2) is 24.3 Å². The summed E-state index contributed by atoms with van der Waals surface area (Å²) in [4.78, 5) is 23.1. The number of rotatable bonds is 7. The highest BCUT2D eigenvalue weighted by molar-refractivity contribution is 5.85. The summed E-state index contributed by atoms with van der Waals surface area (Å²) in [6.45, 7) is 5.82. The van der Waals surface area contributed by atoms with Crippen molar-refractivity contribution in [1.29, 1.82) is 0 Å². The Balaban J connectivity index is 2.63. The van der Waals surface area contributed by atoms with Crippen LogP contribution < -0.4 is 5.32 Å². The van der Waals surface area contributed by atoms with Gasteiger partial charge in [0.25, 0.3) is 0 Å². The van der Waals surface area contributed by atoms with Crippen LogP contribution in [0.4, 0.5) is 0 Å². The molecule has 2 atom stereocenters. The van der Waals surface area contributed by atoms with Crippen molar-refractivity contribution in [3.05, 3.63) is 35.4 Å². The minimum absolute atomic E-state index is 0.0843. The summed E-state index contributed by atoms with van der Waals surface area (Å²) in [5.41, 5.74) is 2.12. The molecule has 0 unspecified atom stereocenters. The molecule has 1 aromatic carbocycles. The van der Waals surface area contributed by atoms with Crippen LogP contribution in [0.1, 0.15) is 38.3 Å². The Morgan fingerprint density at radius 1 is 1.15 bits per heavy atom. The van der Waals surface area contributed by atoms with E-state index < -0.39 is 12.0 Å². The predicted octanol–water partition coefficient (Wildman–Crippen LogP) is 2.41. The van der Waals surface area contributed by atoms with Crippen molar-refractivity contribution in [2.24, 2.45) is 5.92 Å². The molecular formula is C16H23NO3.